The van der Waals surface area contributed by atoms with Crippen molar-refractivity contribution in [2.75, 3.05) is 0 Å². The molecule has 96 valence electrons. The Hall–Kier alpha value is -0.420. The molecule has 0 heterocycles. The van der Waals surface area contributed by atoms with Gasteiger partial charge < -0.3 is 0 Å². The van der Waals surface area contributed by atoms with Gasteiger partial charge in [0, 0.05) is 0 Å². The number of benzene rings is 1. The zero-order valence-corrected chi connectivity index (χ0v) is 12.7. The summed E-state index contributed by atoms with van der Waals surface area (Å²) in [4.78, 5) is 0. The third-order valence-corrected chi connectivity index (χ3v) is 9.32. The molecule has 1 rings (SSSR count). The third kappa shape index (κ3) is 2.55. The van der Waals surface area contributed by atoms with Crippen LogP contribution in [0.2, 0.25) is 0 Å². The van der Waals surface area contributed by atoms with Crippen LogP contribution in [-0.2, 0) is 0 Å². The second-order valence-electron chi connectivity index (χ2n) is 6.63. The molecule has 0 atom stereocenters. The maximum absolute atomic E-state index is 13.1. The average molecular weight is 254 g/mol. The summed E-state index contributed by atoms with van der Waals surface area (Å²) in [6.45, 7) is 18.0. The molecule has 1 aromatic carbocycles. The fourth-order valence-electron chi connectivity index (χ4n) is 2.48. The van der Waals surface area contributed by atoms with Crippen molar-refractivity contribution >= 4 is 12.6 Å². The van der Waals surface area contributed by atoms with Crippen molar-refractivity contribution in [2.45, 2.75) is 51.9 Å². The lowest BCUT2D eigenvalue weighted by molar-refractivity contribution is 0.628. The first-order chi connectivity index (χ1) is 7.50. The summed E-state index contributed by atoms with van der Waals surface area (Å²) < 4.78 is 13.1. The molecule has 0 bridgehead atoms. The monoisotopic (exact) mass is 254 g/mol. The molecule has 0 unspecified atom stereocenters. The molecular formula is C15H24FP. The highest BCUT2D eigenvalue weighted by atomic mass is 31.2. The summed E-state index contributed by atoms with van der Waals surface area (Å²) >= 11 is 0. The highest BCUT2D eigenvalue weighted by molar-refractivity contribution is 7.86. The van der Waals surface area contributed by atoms with Gasteiger partial charge in [-0.05, 0) is 65.8 Å². The zero-order valence-electron chi connectivity index (χ0n) is 11.8. The van der Waals surface area contributed by atoms with Crippen LogP contribution in [0.15, 0.2) is 24.3 Å². The molecule has 0 amide bonds. The first-order valence-corrected chi connectivity index (χ1v) is 7.97. The van der Waals surface area contributed by atoms with Crippen LogP contribution in [0, 0.1) is 12.5 Å². The van der Waals surface area contributed by atoms with Crippen LogP contribution in [0.4, 0.5) is 4.39 Å². The molecule has 2 heteroatoms. The van der Waals surface area contributed by atoms with E-state index in [1.54, 1.807) is 12.1 Å². The van der Waals surface area contributed by atoms with E-state index in [1.165, 1.54) is 5.30 Å². The first-order valence-electron chi connectivity index (χ1n) is 6.00. The van der Waals surface area contributed by atoms with Gasteiger partial charge in [-0.15, -0.1) is 0 Å². The lowest BCUT2D eigenvalue weighted by atomic mass is 10.2. The Labute approximate surface area is 106 Å². The van der Waals surface area contributed by atoms with Crippen molar-refractivity contribution < 1.29 is 4.39 Å². The summed E-state index contributed by atoms with van der Waals surface area (Å²) in [5.41, 5.74) is 0. The molecule has 0 nitrogen and oxygen atoms in total. The van der Waals surface area contributed by atoms with Gasteiger partial charge in [0.1, 0.15) is 5.82 Å². The Balaban J connectivity index is 3.41. The SMILES string of the molecule is [CH2-][P+](c1ccc(F)cc1)(C(C)(C)C)C(C)(C)C. The van der Waals surface area contributed by atoms with E-state index in [1.807, 2.05) is 12.1 Å². The number of halogens is 1. The van der Waals surface area contributed by atoms with E-state index >= 15 is 0 Å². The highest BCUT2D eigenvalue weighted by Gasteiger charge is 2.49. The van der Waals surface area contributed by atoms with Gasteiger partial charge in [-0.25, -0.2) is 4.39 Å². The molecule has 0 aliphatic rings. The molecular weight excluding hydrogens is 230 g/mol. The molecule has 0 aliphatic heterocycles. The minimum atomic E-state index is -1.63. The molecule has 0 aromatic heterocycles. The van der Waals surface area contributed by atoms with Gasteiger partial charge in [-0.1, -0.05) is 7.26 Å². The van der Waals surface area contributed by atoms with Crippen molar-refractivity contribution in [3.8, 4) is 0 Å². The molecule has 17 heavy (non-hydrogen) atoms. The van der Waals surface area contributed by atoms with E-state index in [4.69, 9.17) is 0 Å². The Morgan fingerprint density at radius 3 is 1.53 bits per heavy atom. The van der Waals surface area contributed by atoms with E-state index in [0.29, 0.717) is 0 Å². The normalized spacial score (nSPS) is 13.9. The van der Waals surface area contributed by atoms with E-state index in [2.05, 4.69) is 48.2 Å². The van der Waals surface area contributed by atoms with Crippen LogP contribution in [0.3, 0.4) is 0 Å². The molecule has 1 aromatic rings. The maximum Gasteiger partial charge on any atom is 0.123 e. The molecule has 0 aliphatic carbocycles. The first kappa shape index (κ1) is 14.6. The standard InChI is InChI=1S/C15H24FP/c1-14(2,3)17(7,15(4,5)6)13-10-8-12(16)9-11-13/h8-11H,7H2,1-6H3. The van der Waals surface area contributed by atoms with E-state index < -0.39 is 7.26 Å². The van der Waals surface area contributed by atoms with Crippen molar-refractivity contribution in [1.82, 2.24) is 0 Å². The van der Waals surface area contributed by atoms with Crippen LogP contribution in [0.5, 0.6) is 0 Å². The summed E-state index contributed by atoms with van der Waals surface area (Å²) in [5.74, 6) is -0.178. The minimum Gasteiger partial charge on any atom is -0.207 e. The van der Waals surface area contributed by atoms with Gasteiger partial charge in [0.25, 0.3) is 0 Å². The largest absolute Gasteiger partial charge is 0.207 e. The van der Waals surface area contributed by atoms with Gasteiger partial charge in [-0.3, -0.25) is 0 Å². The van der Waals surface area contributed by atoms with E-state index in [9.17, 15) is 4.39 Å². The minimum absolute atomic E-state index is 0.114. The molecule has 0 radical (unpaired) electrons. The van der Waals surface area contributed by atoms with Gasteiger partial charge >= 0.3 is 0 Å². The van der Waals surface area contributed by atoms with Gasteiger partial charge in [0.15, 0.2) is 0 Å². The van der Waals surface area contributed by atoms with Gasteiger partial charge in [0.05, 0.1) is 15.6 Å². The number of hydrogen-bond donors (Lipinski definition) is 0. The average Bonchev–Trinajstić information content (AvgIpc) is 2.14. The Morgan fingerprint density at radius 1 is 0.882 bits per heavy atom. The molecule has 0 saturated carbocycles. The topological polar surface area (TPSA) is 0 Å². The Kier molecular flexibility index (Phi) is 3.75. The smallest absolute Gasteiger partial charge is 0.123 e. The quantitative estimate of drug-likeness (QED) is 0.496. The van der Waals surface area contributed by atoms with Crippen molar-refractivity contribution in [3.05, 3.63) is 36.7 Å². The predicted molar refractivity (Wildman–Crippen MR) is 77.8 cm³/mol. The number of rotatable bonds is 1. The van der Waals surface area contributed by atoms with Gasteiger partial charge in [-0.2, -0.15) is 6.66 Å². The van der Waals surface area contributed by atoms with Crippen LogP contribution in [-0.4, -0.2) is 10.3 Å². The number of hydrogen-bond acceptors (Lipinski definition) is 0. The van der Waals surface area contributed by atoms with E-state index in [-0.39, 0.29) is 16.1 Å². The zero-order chi connectivity index (χ0) is 13.5. The predicted octanol–water partition coefficient (Wildman–Crippen LogP) is 4.86. The van der Waals surface area contributed by atoms with Gasteiger partial charge in [0.2, 0.25) is 0 Å². The highest BCUT2D eigenvalue weighted by Crippen LogP contribution is 2.74. The van der Waals surface area contributed by atoms with E-state index in [0.717, 1.165) is 0 Å². The Morgan fingerprint density at radius 2 is 1.24 bits per heavy atom. The summed E-state index contributed by atoms with van der Waals surface area (Å²) in [6.07, 6.45) is 0. The lowest BCUT2D eigenvalue weighted by Crippen LogP contribution is -2.38. The van der Waals surface area contributed by atoms with Crippen LogP contribution < -0.4 is 5.30 Å². The van der Waals surface area contributed by atoms with Crippen LogP contribution in [0.1, 0.15) is 41.5 Å². The summed E-state index contributed by atoms with van der Waals surface area (Å²) in [7, 11) is -1.63. The third-order valence-electron chi connectivity index (χ3n) is 3.56. The van der Waals surface area contributed by atoms with Crippen molar-refractivity contribution in [2.24, 2.45) is 0 Å². The van der Waals surface area contributed by atoms with Crippen LogP contribution >= 0.6 is 7.26 Å². The molecule has 0 N–H and O–H groups in total. The lowest BCUT2D eigenvalue weighted by Gasteiger charge is -2.50. The molecule has 0 saturated heterocycles. The summed E-state index contributed by atoms with van der Waals surface area (Å²) in [6, 6.07) is 6.92. The Bertz CT molecular complexity index is 365. The fraction of sp³-hybridized carbons (Fsp3) is 0.533. The second kappa shape index (κ2) is 4.35. The van der Waals surface area contributed by atoms with Crippen molar-refractivity contribution in [3.63, 3.8) is 0 Å². The molecule has 0 spiro atoms. The maximum atomic E-state index is 13.1. The second-order valence-corrected chi connectivity index (χ2v) is 11.4. The summed E-state index contributed by atoms with van der Waals surface area (Å²) in [5, 5.41) is 1.44. The van der Waals surface area contributed by atoms with Crippen LogP contribution in [0.25, 0.3) is 0 Å². The molecule has 0 fully saturated rings. The fourth-order valence-corrected chi connectivity index (χ4v) is 6.70. The van der Waals surface area contributed by atoms with Crippen molar-refractivity contribution in [1.29, 1.82) is 0 Å².